The van der Waals surface area contributed by atoms with Crippen LogP contribution < -0.4 is 16.0 Å². The molecule has 1 rings (SSSR count). The molecule has 0 aromatic carbocycles. The third kappa shape index (κ3) is 3.41. The average molecular weight is 244 g/mol. The fourth-order valence-corrected chi connectivity index (χ4v) is 2.27. The second-order valence-corrected chi connectivity index (χ2v) is 4.95. The fourth-order valence-electron chi connectivity index (χ4n) is 1.27. The molecule has 3 amide bonds. The summed E-state index contributed by atoms with van der Waals surface area (Å²) in [5, 5.41) is 14.8. The van der Waals surface area contributed by atoms with Crippen LogP contribution in [0.4, 0.5) is 4.79 Å². The van der Waals surface area contributed by atoms with Crippen molar-refractivity contribution >= 4 is 29.5 Å². The Morgan fingerprint density at radius 3 is 2.75 bits per heavy atom. The van der Waals surface area contributed by atoms with Crippen LogP contribution in [0.5, 0.6) is 0 Å². The van der Waals surface area contributed by atoms with Crippen LogP contribution in [-0.2, 0) is 4.79 Å². The topological polar surface area (TPSA) is 94.1 Å². The Morgan fingerprint density at radius 2 is 2.25 bits per heavy atom. The third-order valence-corrected chi connectivity index (χ3v) is 3.42. The van der Waals surface area contributed by atoms with Crippen molar-refractivity contribution in [1.29, 1.82) is 5.41 Å². The lowest BCUT2D eigenvalue weighted by molar-refractivity contribution is -0.122. The Labute approximate surface area is 98.4 Å². The second kappa shape index (κ2) is 5.20. The van der Waals surface area contributed by atoms with Gasteiger partial charge in [-0.15, -0.1) is 0 Å². The van der Waals surface area contributed by atoms with Gasteiger partial charge in [-0.25, -0.2) is 4.79 Å². The summed E-state index contributed by atoms with van der Waals surface area (Å²) in [5.41, 5.74) is -0.804. The molecule has 1 aliphatic rings. The molecule has 0 aliphatic carbocycles. The maximum Gasteiger partial charge on any atom is 0.322 e. The second-order valence-electron chi connectivity index (χ2n) is 3.84. The number of hydrogen-bond donors (Lipinski definition) is 4. The van der Waals surface area contributed by atoms with Crippen molar-refractivity contribution in [3.8, 4) is 0 Å². The first-order chi connectivity index (χ1) is 7.44. The Kier molecular flexibility index (Phi) is 4.17. The van der Waals surface area contributed by atoms with Crippen LogP contribution in [0.25, 0.3) is 0 Å². The van der Waals surface area contributed by atoms with Crippen LogP contribution in [0.15, 0.2) is 0 Å². The van der Waals surface area contributed by atoms with Crippen LogP contribution in [0, 0.1) is 5.41 Å². The molecule has 0 unspecified atom stereocenters. The number of rotatable bonds is 5. The molecule has 6 nitrogen and oxygen atoms in total. The molecular formula is C9H16N4O2S. The van der Waals surface area contributed by atoms with E-state index in [4.69, 9.17) is 5.41 Å². The van der Waals surface area contributed by atoms with Crippen molar-refractivity contribution in [1.82, 2.24) is 16.0 Å². The monoisotopic (exact) mass is 244 g/mol. The highest BCUT2D eigenvalue weighted by molar-refractivity contribution is 7.99. The first-order valence-electron chi connectivity index (χ1n) is 4.94. The van der Waals surface area contributed by atoms with E-state index in [-0.39, 0.29) is 5.91 Å². The lowest BCUT2D eigenvalue weighted by Crippen LogP contribution is -2.46. The van der Waals surface area contributed by atoms with Crippen LogP contribution in [0.1, 0.15) is 13.8 Å². The minimum absolute atomic E-state index is 0.277. The van der Waals surface area contributed by atoms with Gasteiger partial charge in [0.1, 0.15) is 5.54 Å². The summed E-state index contributed by atoms with van der Waals surface area (Å²) in [6.45, 7) is 4.07. The predicted octanol–water partition coefficient (Wildman–Crippen LogP) is -0.0955. The predicted molar refractivity (Wildman–Crippen MR) is 63.8 cm³/mol. The van der Waals surface area contributed by atoms with E-state index in [0.717, 1.165) is 5.75 Å². The van der Waals surface area contributed by atoms with Crippen molar-refractivity contribution in [2.24, 2.45) is 0 Å². The zero-order chi connectivity index (χ0) is 12.2. The minimum atomic E-state index is -0.804. The van der Waals surface area contributed by atoms with Crippen molar-refractivity contribution in [2.45, 2.75) is 19.4 Å². The molecule has 0 saturated carbocycles. The SMILES string of the molecule is CC(=N)NCCSC[C@@]1(C)NC(=O)NC1=O. The maximum atomic E-state index is 11.4. The van der Waals surface area contributed by atoms with E-state index in [1.807, 2.05) is 0 Å². The van der Waals surface area contributed by atoms with E-state index in [9.17, 15) is 9.59 Å². The van der Waals surface area contributed by atoms with Gasteiger partial charge in [0.2, 0.25) is 0 Å². The number of thioether (sulfide) groups is 1. The summed E-state index contributed by atoms with van der Waals surface area (Å²) >= 11 is 1.56. The molecule has 7 heteroatoms. The summed E-state index contributed by atoms with van der Waals surface area (Å²) in [4.78, 5) is 22.4. The van der Waals surface area contributed by atoms with Crippen molar-refractivity contribution in [3.63, 3.8) is 0 Å². The average Bonchev–Trinajstić information content (AvgIpc) is 2.39. The van der Waals surface area contributed by atoms with Gasteiger partial charge in [0.05, 0.1) is 5.84 Å². The Balaban J connectivity index is 2.24. The van der Waals surface area contributed by atoms with Gasteiger partial charge in [0, 0.05) is 18.1 Å². The van der Waals surface area contributed by atoms with E-state index in [1.165, 1.54) is 0 Å². The van der Waals surface area contributed by atoms with Gasteiger partial charge in [0.25, 0.3) is 5.91 Å². The van der Waals surface area contributed by atoms with Gasteiger partial charge in [-0.2, -0.15) is 11.8 Å². The van der Waals surface area contributed by atoms with Gasteiger partial charge in [0.15, 0.2) is 0 Å². The van der Waals surface area contributed by atoms with Crippen molar-refractivity contribution in [3.05, 3.63) is 0 Å². The molecule has 0 aromatic rings. The van der Waals surface area contributed by atoms with Gasteiger partial charge in [-0.1, -0.05) is 0 Å². The number of nitrogens with one attached hydrogen (secondary N) is 4. The van der Waals surface area contributed by atoms with Gasteiger partial charge >= 0.3 is 6.03 Å². The molecule has 1 fully saturated rings. The lowest BCUT2D eigenvalue weighted by atomic mass is 10.1. The summed E-state index contributed by atoms with van der Waals surface area (Å²) in [7, 11) is 0. The molecule has 0 bridgehead atoms. The molecule has 0 aromatic heterocycles. The van der Waals surface area contributed by atoms with Gasteiger partial charge in [-0.3, -0.25) is 15.5 Å². The summed E-state index contributed by atoms with van der Waals surface area (Å²) in [5.74, 6) is 1.47. The zero-order valence-corrected chi connectivity index (χ0v) is 10.2. The number of amidine groups is 1. The third-order valence-electron chi connectivity index (χ3n) is 2.14. The maximum absolute atomic E-state index is 11.4. The number of urea groups is 1. The standard InChI is InChI=1S/C9H16N4O2S/c1-6(10)11-3-4-16-5-9(2)7(14)12-8(15)13-9/h3-5H2,1-2H3,(H2,10,11)(H2,12,13,14,15)/t9-/m1/s1. The highest BCUT2D eigenvalue weighted by Gasteiger charge is 2.41. The molecular weight excluding hydrogens is 228 g/mol. The summed E-state index contributed by atoms with van der Waals surface area (Å²) in [6.07, 6.45) is 0. The number of carbonyl (C=O) groups excluding carboxylic acids is 2. The van der Waals surface area contributed by atoms with Crippen LogP contribution in [0.2, 0.25) is 0 Å². The smallest absolute Gasteiger partial charge is 0.322 e. The van der Waals surface area contributed by atoms with E-state index >= 15 is 0 Å². The van der Waals surface area contributed by atoms with Crippen LogP contribution >= 0.6 is 11.8 Å². The number of carbonyl (C=O) groups is 2. The Bertz CT molecular complexity index is 321. The highest BCUT2D eigenvalue weighted by Crippen LogP contribution is 2.16. The van der Waals surface area contributed by atoms with Gasteiger partial charge < -0.3 is 10.6 Å². The first kappa shape index (κ1) is 12.8. The van der Waals surface area contributed by atoms with Crippen molar-refractivity contribution in [2.75, 3.05) is 18.1 Å². The minimum Gasteiger partial charge on any atom is -0.373 e. The first-order valence-corrected chi connectivity index (χ1v) is 6.10. The summed E-state index contributed by atoms with van der Waals surface area (Å²) in [6, 6.07) is -0.429. The number of imide groups is 1. The van der Waals surface area contributed by atoms with E-state index < -0.39 is 11.6 Å². The molecule has 1 saturated heterocycles. The molecule has 0 spiro atoms. The quantitative estimate of drug-likeness (QED) is 0.235. The molecule has 90 valence electrons. The molecule has 4 N–H and O–H groups in total. The van der Waals surface area contributed by atoms with Crippen LogP contribution in [-0.4, -0.2) is 41.4 Å². The normalized spacial score (nSPS) is 23.9. The van der Waals surface area contributed by atoms with E-state index in [0.29, 0.717) is 18.1 Å². The Morgan fingerprint density at radius 1 is 1.56 bits per heavy atom. The van der Waals surface area contributed by atoms with Crippen LogP contribution in [0.3, 0.4) is 0 Å². The van der Waals surface area contributed by atoms with E-state index in [1.54, 1.807) is 25.6 Å². The molecule has 1 aliphatic heterocycles. The highest BCUT2D eigenvalue weighted by atomic mass is 32.2. The molecule has 1 heterocycles. The molecule has 1 atom stereocenters. The number of amides is 3. The number of hydrogen-bond acceptors (Lipinski definition) is 4. The van der Waals surface area contributed by atoms with E-state index in [2.05, 4.69) is 16.0 Å². The zero-order valence-electron chi connectivity index (χ0n) is 9.35. The largest absolute Gasteiger partial charge is 0.373 e. The van der Waals surface area contributed by atoms with Gasteiger partial charge in [-0.05, 0) is 13.8 Å². The Hall–Kier alpha value is -1.24. The fraction of sp³-hybridized carbons (Fsp3) is 0.667. The van der Waals surface area contributed by atoms with Crippen molar-refractivity contribution < 1.29 is 9.59 Å². The molecule has 0 radical (unpaired) electrons. The lowest BCUT2D eigenvalue weighted by Gasteiger charge is -2.19. The molecule has 16 heavy (non-hydrogen) atoms. The summed E-state index contributed by atoms with van der Waals surface area (Å²) < 4.78 is 0.